The van der Waals surface area contributed by atoms with Crippen LogP contribution >= 0.6 is 0 Å². The van der Waals surface area contributed by atoms with Crippen molar-refractivity contribution < 1.29 is 0 Å². The van der Waals surface area contributed by atoms with Crippen molar-refractivity contribution in [1.82, 2.24) is 15.0 Å². The summed E-state index contributed by atoms with van der Waals surface area (Å²) in [5.74, 6) is 1.45. The van der Waals surface area contributed by atoms with Gasteiger partial charge < -0.3 is 10.3 Å². The standard InChI is InChI=1S/C14H18N4O/c1-9(2)14-17-12(7-13(19)18-14)16-8-11-10(3)5-4-6-15-11/h4-7,9H,8H2,1-3H3,(H2,16,17,18,19). The molecule has 0 fully saturated rings. The Morgan fingerprint density at radius 1 is 1.42 bits per heavy atom. The fourth-order valence-electron chi connectivity index (χ4n) is 1.72. The van der Waals surface area contributed by atoms with E-state index in [1.54, 1.807) is 6.20 Å². The Morgan fingerprint density at radius 2 is 2.21 bits per heavy atom. The highest BCUT2D eigenvalue weighted by Gasteiger charge is 2.05. The lowest BCUT2D eigenvalue weighted by atomic mass is 10.2. The van der Waals surface area contributed by atoms with Crippen molar-refractivity contribution >= 4 is 5.82 Å². The fourth-order valence-corrected chi connectivity index (χ4v) is 1.72. The minimum Gasteiger partial charge on any atom is -0.364 e. The third-order valence-electron chi connectivity index (χ3n) is 2.86. The van der Waals surface area contributed by atoms with Crippen LogP contribution in [0.2, 0.25) is 0 Å². The van der Waals surface area contributed by atoms with Gasteiger partial charge in [0, 0.05) is 18.2 Å². The van der Waals surface area contributed by atoms with Crippen molar-refractivity contribution in [3.05, 3.63) is 51.8 Å². The summed E-state index contributed by atoms with van der Waals surface area (Å²) in [5, 5.41) is 3.14. The maximum Gasteiger partial charge on any atom is 0.252 e. The number of aryl methyl sites for hydroxylation is 1. The highest BCUT2D eigenvalue weighted by molar-refractivity contribution is 5.35. The predicted octanol–water partition coefficient (Wildman–Crippen LogP) is 2.21. The Bertz CT molecular complexity index is 619. The van der Waals surface area contributed by atoms with Crippen LogP contribution in [0.5, 0.6) is 0 Å². The second kappa shape index (κ2) is 5.65. The van der Waals surface area contributed by atoms with E-state index in [0.29, 0.717) is 18.2 Å². The normalized spacial score (nSPS) is 10.7. The number of anilines is 1. The number of pyridine rings is 1. The van der Waals surface area contributed by atoms with E-state index >= 15 is 0 Å². The van der Waals surface area contributed by atoms with Gasteiger partial charge in [-0.1, -0.05) is 19.9 Å². The van der Waals surface area contributed by atoms with Gasteiger partial charge in [0.1, 0.15) is 11.6 Å². The lowest BCUT2D eigenvalue weighted by Gasteiger charge is -2.09. The quantitative estimate of drug-likeness (QED) is 0.882. The molecule has 2 rings (SSSR count). The van der Waals surface area contributed by atoms with Gasteiger partial charge in [0.25, 0.3) is 5.56 Å². The van der Waals surface area contributed by atoms with E-state index in [9.17, 15) is 4.79 Å². The number of rotatable bonds is 4. The fraction of sp³-hybridized carbons (Fsp3) is 0.357. The van der Waals surface area contributed by atoms with E-state index in [0.717, 1.165) is 11.3 Å². The Labute approximate surface area is 112 Å². The van der Waals surface area contributed by atoms with Gasteiger partial charge in [0.05, 0.1) is 12.2 Å². The van der Waals surface area contributed by atoms with E-state index in [-0.39, 0.29) is 11.5 Å². The molecular weight excluding hydrogens is 240 g/mol. The molecule has 0 spiro atoms. The van der Waals surface area contributed by atoms with Crippen LogP contribution in [0.3, 0.4) is 0 Å². The monoisotopic (exact) mass is 258 g/mol. The van der Waals surface area contributed by atoms with Gasteiger partial charge in [-0.15, -0.1) is 0 Å². The molecule has 0 atom stereocenters. The number of aromatic nitrogens is 3. The third kappa shape index (κ3) is 3.40. The van der Waals surface area contributed by atoms with Gasteiger partial charge in [-0.3, -0.25) is 9.78 Å². The summed E-state index contributed by atoms with van der Waals surface area (Å²) in [6.45, 7) is 6.55. The van der Waals surface area contributed by atoms with Crippen LogP contribution in [0.1, 0.15) is 36.8 Å². The molecule has 0 radical (unpaired) electrons. The first kappa shape index (κ1) is 13.3. The minimum atomic E-state index is -0.140. The zero-order chi connectivity index (χ0) is 13.8. The van der Waals surface area contributed by atoms with Gasteiger partial charge in [-0.25, -0.2) is 4.98 Å². The summed E-state index contributed by atoms with van der Waals surface area (Å²) in [6, 6.07) is 5.38. The number of nitrogens with one attached hydrogen (secondary N) is 2. The minimum absolute atomic E-state index is 0.140. The summed E-state index contributed by atoms with van der Waals surface area (Å²) in [5.41, 5.74) is 1.93. The maximum absolute atomic E-state index is 11.5. The third-order valence-corrected chi connectivity index (χ3v) is 2.86. The summed E-state index contributed by atoms with van der Waals surface area (Å²) in [4.78, 5) is 23.0. The topological polar surface area (TPSA) is 70.7 Å². The number of hydrogen-bond acceptors (Lipinski definition) is 4. The van der Waals surface area contributed by atoms with Crippen LogP contribution < -0.4 is 10.9 Å². The highest BCUT2D eigenvalue weighted by Crippen LogP contribution is 2.10. The molecule has 2 heterocycles. The molecule has 100 valence electrons. The Kier molecular flexibility index (Phi) is 3.94. The number of hydrogen-bond donors (Lipinski definition) is 2. The van der Waals surface area contributed by atoms with E-state index in [1.165, 1.54) is 6.07 Å². The Balaban J connectivity index is 2.16. The van der Waals surface area contributed by atoms with Crippen molar-refractivity contribution in [1.29, 1.82) is 0 Å². The van der Waals surface area contributed by atoms with Crippen LogP contribution in [0, 0.1) is 6.92 Å². The lowest BCUT2D eigenvalue weighted by molar-refractivity contribution is 0.766. The van der Waals surface area contributed by atoms with Gasteiger partial charge in [-0.05, 0) is 18.6 Å². The van der Waals surface area contributed by atoms with Crippen molar-refractivity contribution in [3.8, 4) is 0 Å². The smallest absolute Gasteiger partial charge is 0.252 e. The summed E-state index contributed by atoms with van der Waals surface area (Å²) in [6.07, 6.45) is 1.76. The summed E-state index contributed by atoms with van der Waals surface area (Å²) < 4.78 is 0. The largest absolute Gasteiger partial charge is 0.364 e. The molecule has 5 heteroatoms. The zero-order valence-electron chi connectivity index (χ0n) is 11.4. The van der Waals surface area contributed by atoms with Crippen molar-refractivity contribution in [2.45, 2.75) is 33.2 Å². The van der Waals surface area contributed by atoms with Crippen molar-refractivity contribution in [3.63, 3.8) is 0 Å². The molecular formula is C14H18N4O. The van der Waals surface area contributed by atoms with Crippen LogP contribution in [0.15, 0.2) is 29.2 Å². The summed E-state index contributed by atoms with van der Waals surface area (Å²) in [7, 11) is 0. The molecule has 0 aliphatic carbocycles. The molecule has 0 bridgehead atoms. The highest BCUT2D eigenvalue weighted by atomic mass is 16.1. The van der Waals surface area contributed by atoms with Gasteiger partial charge >= 0.3 is 0 Å². The van der Waals surface area contributed by atoms with Crippen molar-refractivity contribution in [2.75, 3.05) is 5.32 Å². The molecule has 5 nitrogen and oxygen atoms in total. The van der Waals surface area contributed by atoms with Gasteiger partial charge in [0.15, 0.2) is 0 Å². The molecule has 0 unspecified atom stereocenters. The average Bonchev–Trinajstić information content (AvgIpc) is 2.37. The first-order valence-corrected chi connectivity index (χ1v) is 6.32. The second-order valence-corrected chi connectivity index (χ2v) is 4.79. The van der Waals surface area contributed by atoms with Crippen LogP contribution in [-0.4, -0.2) is 15.0 Å². The van der Waals surface area contributed by atoms with Crippen LogP contribution in [-0.2, 0) is 6.54 Å². The number of nitrogens with zero attached hydrogens (tertiary/aromatic N) is 2. The molecule has 0 amide bonds. The molecule has 0 saturated heterocycles. The Hall–Kier alpha value is -2.17. The van der Waals surface area contributed by atoms with Gasteiger partial charge in [0.2, 0.25) is 0 Å². The average molecular weight is 258 g/mol. The molecule has 0 aliphatic heterocycles. The molecule has 2 aromatic rings. The first-order valence-electron chi connectivity index (χ1n) is 6.32. The van der Waals surface area contributed by atoms with E-state index < -0.39 is 0 Å². The molecule has 2 aromatic heterocycles. The molecule has 2 N–H and O–H groups in total. The van der Waals surface area contributed by atoms with Gasteiger partial charge in [-0.2, -0.15) is 0 Å². The molecule has 0 aromatic carbocycles. The van der Waals surface area contributed by atoms with Crippen LogP contribution in [0.25, 0.3) is 0 Å². The first-order chi connectivity index (χ1) is 9.06. The van der Waals surface area contributed by atoms with E-state index in [1.807, 2.05) is 32.9 Å². The van der Waals surface area contributed by atoms with Crippen LogP contribution in [0.4, 0.5) is 5.82 Å². The van der Waals surface area contributed by atoms with E-state index in [2.05, 4.69) is 20.3 Å². The van der Waals surface area contributed by atoms with E-state index in [4.69, 9.17) is 0 Å². The second-order valence-electron chi connectivity index (χ2n) is 4.79. The number of aromatic amines is 1. The predicted molar refractivity (Wildman–Crippen MR) is 75.2 cm³/mol. The maximum atomic E-state index is 11.5. The van der Waals surface area contributed by atoms with Crippen molar-refractivity contribution in [2.24, 2.45) is 0 Å². The molecule has 0 saturated carbocycles. The summed E-state index contributed by atoms with van der Waals surface area (Å²) >= 11 is 0. The molecule has 19 heavy (non-hydrogen) atoms. The Morgan fingerprint density at radius 3 is 2.89 bits per heavy atom. The zero-order valence-corrected chi connectivity index (χ0v) is 11.4. The SMILES string of the molecule is Cc1cccnc1CNc1cc(=O)[nH]c(C(C)C)n1. The lowest BCUT2D eigenvalue weighted by Crippen LogP contribution is -2.15. The number of H-pyrrole nitrogens is 1. The molecule has 0 aliphatic rings.